The lowest BCUT2D eigenvalue weighted by Gasteiger charge is -2.35. The predicted molar refractivity (Wildman–Crippen MR) is 73.1 cm³/mol. The van der Waals surface area contributed by atoms with E-state index in [0.29, 0.717) is 0 Å². The number of ether oxygens (including phenoxy) is 1. The van der Waals surface area contributed by atoms with Crippen LogP contribution in [0.3, 0.4) is 0 Å². The van der Waals surface area contributed by atoms with Gasteiger partial charge in [0.05, 0.1) is 6.61 Å². The average Bonchev–Trinajstić information content (AvgIpc) is 2.30. The molecular formula is C14H30N2O. The highest BCUT2D eigenvalue weighted by Crippen LogP contribution is 2.24. The Labute approximate surface area is 107 Å². The highest BCUT2D eigenvalue weighted by molar-refractivity contribution is 4.79. The van der Waals surface area contributed by atoms with Gasteiger partial charge in [0, 0.05) is 19.7 Å². The van der Waals surface area contributed by atoms with E-state index in [1.807, 2.05) is 0 Å². The van der Waals surface area contributed by atoms with E-state index < -0.39 is 0 Å². The number of hydrogen-bond donors (Lipinski definition) is 1. The first kappa shape index (κ1) is 14.9. The monoisotopic (exact) mass is 242 g/mol. The van der Waals surface area contributed by atoms with Crippen LogP contribution < -0.4 is 5.73 Å². The summed E-state index contributed by atoms with van der Waals surface area (Å²) in [6.45, 7) is 9.49. The molecule has 0 aromatic heterocycles. The summed E-state index contributed by atoms with van der Waals surface area (Å²) in [6.07, 6.45) is 4.97. The van der Waals surface area contributed by atoms with E-state index in [1.54, 1.807) is 0 Å². The summed E-state index contributed by atoms with van der Waals surface area (Å²) < 4.78 is 5.54. The summed E-state index contributed by atoms with van der Waals surface area (Å²) in [5, 5.41) is 0. The maximum Gasteiger partial charge on any atom is 0.0506 e. The molecule has 1 saturated heterocycles. The lowest BCUT2D eigenvalue weighted by atomic mass is 9.85. The molecule has 1 rings (SSSR count). The van der Waals surface area contributed by atoms with Crippen molar-refractivity contribution in [3.8, 4) is 0 Å². The van der Waals surface area contributed by atoms with Gasteiger partial charge in [-0.05, 0) is 44.2 Å². The Morgan fingerprint density at radius 2 is 2.24 bits per heavy atom. The van der Waals surface area contributed by atoms with Crippen molar-refractivity contribution in [2.24, 2.45) is 17.1 Å². The Balaban J connectivity index is 2.33. The molecule has 0 aromatic carbocycles. The zero-order valence-corrected chi connectivity index (χ0v) is 11.9. The lowest BCUT2D eigenvalue weighted by molar-refractivity contribution is 0.0363. The Morgan fingerprint density at radius 1 is 1.47 bits per heavy atom. The van der Waals surface area contributed by atoms with Crippen molar-refractivity contribution in [2.45, 2.75) is 39.5 Å². The van der Waals surface area contributed by atoms with Gasteiger partial charge in [0.2, 0.25) is 0 Å². The number of nitrogens with zero attached hydrogens (tertiary/aromatic N) is 1. The molecule has 0 spiro atoms. The highest BCUT2D eigenvalue weighted by Gasteiger charge is 2.25. The maximum absolute atomic E-state index is 5.92. The third-order valence-electron chi connectivity index (χ3n) is 3.82. The molecule has 3 nitrogen and oxygen atoms in total. The fourth-order valence-electron chi connectivity index (χ4n) is 2.96. The van der Waals surface area contributed by atoms with Crippen LogP contribution in [0, 0.1) is 11.3 Å². The molecule has 0 aliphatic carbocycles. The molecule has 0 radical (unpaired) electrons. The van der Waals surface area contributed by atoms with Gasteiger partial charge in [0.25, 0.3) is 0 Å². The van der Waals surface area contributed by atoms with Crippen molar-refractivity contribution in [1.29, 1.82) is 0 Å². The molecule has 0 aromatic rings. The van der Waals surface area contributed by atoms with Gasteiger partial charge in [-0.2, -0.15) is 0 Å². The molecule has 0 amide bonds. The topological polar surface area (TPSA) is 38.5 Å². The molecule has 2 atom stereocenters. The summed E-state index contributed by atoms with van der Waals surface area (Å²) in [5.74, 6) is 0.720. The van der Waals surface area contributed by atoms with Gasteiger partial charge in [-0.1, -0.05) is 20.3 Å². The molecular weight excluding hydrogens is 212 g/mol. The number of hydrogen-bond acceptors (Lipinski definition) is 3. The van der Waals surface area contributed by atoms with Crippen LogP contribution in [0.2, 0.25) is 0 Å². The fraction of sp³-hybridized carbons (Fsp3) is 1.00. The zero-order chi connectivity index (χ0) is 12.7. The Morgan fingerprint density at radius 3 is 2.76 bits per heavy atom. The molecule has 1 aliphatic rings. The van der Waals surface area contributed by atoms with E-state index in [2.05, 4.69) is 25.8 Å². The van der Waals surface area contributed by atoms with E-state index in [-0.39, 0.29) is 5.41 Å². The summed E-state index contributed by atoms with van der Waals surface area (Å²) >= 11 is 0. The first-order chi connectivity index (χ1) is 8.09. The lowest BCUT2D eigenvalue weighted by Crippen LogP contribution is -2.41. The van der Waals surface area contributed by atoms with Gasteiger partial charge in [0.1, 0.15) is 0 Å². The third-order valence-corrected chi connectivity index (χ3v) is 3.82. The number of nitrogens with two attached hydrogens (primary N) is 1. The highest BCUT2D eigenvalue weighted by atomic mass is 16.5. The van der Waals surface area contributed by atoms with Crippen molar-refractivity contribution >= 4 is 0 Å². The molecule has 1 aliphatic heterocycles. The van der Waals surface area contributed by atoms with Crippen molar-refractivity contribution in [1.82, 2.24) is 4.90 Å². The largest absolute Gasteiger partial charge is 0.381 e. The van der Waals surface area contributed by atoms with Crippen LogP contribution in [0.15, 0.2) is 0 Å². The molecule has 2 unspecified atom stereocenters. The molecule has 2 N–H and O–H groups in total. The van der Waals surface area contributed by atoms with Crippen LogP contribution in [0.1, 0.15) is 39.5 Å². The molecule has 0 bridgehead atoms. The fourth-order valence-corrected chi connectivity index (χ4v) is 2.96. The second kappa shape index (κ2) is 7.34. The Bertz CT molecular complexity index is 204. The number of rotatable bonds is 7. The van der Waals surface area contributed by atoms with Crippen molar-refractivity contribution in [2.75, 3.05) is 39.9 Å². The van der Waals surface area contributed by atoms with Crippen molar-refractivity contribution in [3.05, 3.63) is 0 Å². The second-order valence-electron chi connectivity index (χ2n) is 6.04. The van der Waals surface area contributed by atoms with Gasteiger partial charge in [-0.25, -0.2) is 0 Å². The van der Waals surface area contributed by atoms with E-state index in [4.69, 9.17) is 10.5 Å². The molecule has 0 saturated carbocycles. The maximum atomic E-state index is 5.92. The summed E-state index contributed by atoms with van der Waals surface area (Å²) in [4.78, 5) is 2.45. The zero-order valence-electron chi connectivity index (χ0n) is 11.9. The Hall–Kier alpha value is -0.120. The SMILES string of the molecule is CCCC(C)(CN)CN(C)CC1CCCOC1. The molecule has 3 heteroatoms. The predicted octanol–water partition coefficient (Wildman–Crippen LogP) is 2.11. The second-order valence-corrected chi connectivity index (χ2v) is 6.04. The minimum Gasteiger partial charge on any atom is -0.381 e. The van der Waals surface area contributed by atoms with Crippen molar-refractivity contribution in [3.63, 3.8) is 0 Å². The van der Waals surface area contributed by atoms with Crippen molar-refractivity contribution < 1.29 is 4.74 Å². The van der Waals surface area contributed by atoms with E-state index in [1.165, 1.54) is 25.7 Å². The normalized spacial score (nSPS) is 24.9. The van der Waals surface area contributed by atoms with Crippen LogP contribution in [0.25, 0.3) is 0 Å². The average molecular weight is 242 g/mol. The van der Waals surface area contributed by atoms with E-state index >= 15 is 0 Å². The van der Waals surface area contributed by atoms with Gasteiger partial charge >= 0.3 is 0 Å². The third kappa shape index (κ3) is 5.36. The van der Waals surface area contributed by atoms with Crippen LogP contribution in [-0.2, 0) is 4.74 Å². The molecule has 1 heterocycles. The summed E-state index contributed by atoms with van der Waals surface area (Å²) in [7, 11) is 2.22. The quantitative estimate of drug-likeness (QED) is 0.743. The van der Waals surface area contributed by atoms with Crippen LogP contribution >= 0.6 is 0 Å². The first-order valence-electron chi connectivity index (χ1n) is 7.06. The van der Waals surface area contributed by atoms with E-state index in [0.717, 1.165) is 38.8 Å². The summed E-state index contributed by atoms with van der Waals surface area (Å²) in [5.41, 5.74) is 6.20. The van der Waals surface area contributed by atoms with Crippen LogP contribution in [0.4, 0.5) is 0 Å². The smallest absolute Gasteiger partial charge is 0.0506 e. The van der Waals surface area contributed by atoms with Crippen LogP contribution in [-0.4, -0.2) is 44.8 Å². The molecule has 17 heavy (non-hydrogen) atoms. The van der Waals surface area contributed by atoms with Gasteiger partial charge in [-0.3, -0.25) is 0 Å². The van der Waals surface area contributed by atoms with Gasteiger partial charge in [-0.15, -0.1) is 0 Å². The van der Waals surface area contributed by atoms with Gasteiger partial charge in [0.15, 0.2) is 0 Å². The Kier molecular flexibility index (Phi) is 6.45. The summed E-state index contributed by atoms with van der Waals surface area (Å²) in [6, 6.07) is 0. The van der Waals surface area contributed by atoms with Crippen LogP contribution in [0.5, 0.6) is 0 Å². The first-order valence-corrected chi connectivity index (χ1v) is 7.06. The minimum absolute atomic E-state index is 0.277. The standard InChI is InChI=1S/C14H30N2O/c1-4-7-14(2,11-15)12-16(3)9-13-6-5-8-17-10-13/h13H,4-12,15H2,1-3H3. The molecule has 102 valence electrons. The van der Waals surface area contributed by atoms with E-state index in [9.17, 15) is 0 Å². The van der Waals surface area contributed by atoms with Gasteiger partial charge < -0.3 is 15.4 Å². The minimum atomic E-state index is 0.277. The molecule has 1 fully saturated rings.